The van der Waals surface area contributed by atoms with E-state index in [4.69, 9.17) is 14.2 Å². The maximum Gasteiger partial charge on any atom is 0.247 e. The lowest BCUT2D eigenvalue weighted by molar-refractivity contribution is -0.142. The molecule has 1 N–H and O–H groups in total. The van der Waals surface area contributed by atoms with E-state index in [0.717, 1.165) is 11.1 Å². The molecule has 4 rings (SSSR count). The van der Waals surface area contributed by atoms with Crippen molar-refractivity contribution in [1.29, 1.82) is 0 Å². The van der Waals surface area contributed by atoms with E-state index in [-0.39, 0.29) is 24.9 Å². The summed E-state index contributed by atoms with van der Waals surface area (Å²) in [5.41, 5.74) is 2.52. The smallest absolute Gasteiger partial charge is 0.247 e. The minimum absolute atomic E-state index is 0.0806. The van der Waals surface area contributed by atoms with Crippen LogP contribution in [-0.4, -0.2) is 64.6 Å². The third-order valence-corrected chi connectivity index (χ3v) is 6.68. The molecule has 0 bridgehead atoms. The topological polar surface area (TPSA) is 108 Å². The van der Waals surface area contributed by atoms with Gasteiger partial charge in [0.1, 0.15) is 23.9 Å². The molecule has 42 heavy (non-hydrogen) atoms. The molecular weight excluding hydrogens is 534 g/mol. The molecule has 222 valence electrons. The zero-order chi connectivity index (χ0) is 30.3. The molecule has 0 saturated carbocycles. The number of methoxy groups -OCH3 is 2. The Balaban J connectivity index is 1.73. The van der Waals surface area contributed by atoms with Gasteiger partial charge in [-0.2, -0.15) is 0 Å². The number of carbonyl (C=O) groups is 2. The highest BCUT2D eigenvalue weighted by Crippen LogP contribution is 2.29. The van der Waals surface area contributed by atoms with Crippen molar-refractivity contribution < 1.29 is 23.8 Å². The van der Waals surface area contributed by atoms with Crippen LogP contribution in [0.25, 0.3) is 11.0 Å². The van der Waals surface area contributed by atoms with Crippen LogP contribution in [0, 0.1) is 0 Å². The van der Waals surface area contributed by atoms with Gasteiger partial charge in [0.05, 0.1) is 26.3 Å². The molecule has 0 saturated heterocycles. The maximum atomic E-state index is 14.1. The van der Waals surface area contributed by atoms with Crippen LogP contribution in [0.1, 0.15) is 44.9 Å². The fourth-order valence-corrected chi connectivity index (χ4v) is 4.76. The SMILES string of the molecule is CCOc1ccc([C@H](C(=O)NC(C)(C)C)N(CCc2ccc(OC)c(OC)c2)C(=O)Cn2nnc3ccccc32)cc1. The zero-order valence-electron chi connectivity index (χ0n) is 25.1. The summed E-state index contributed by atoms with van der Waals surface area (Å²) in [6, 6.07) is 19.5. The average Bonchev–Trinajstić information content (AvgIpc) is 3.37. The molecule has 0 fully saturated rings. The van der Waals surface area contributed by atoms with Crippen LogP contribution in [0.15, 0.2) is 66.7 Å². The van der Waals surface area contributed by atoms with Crippen molar-refractivity contribution in [2.24, 2.45) is 0 Å². The van der Waals surface area contributed by atoms with E-state index in [1.165, 1.54) is 0 Å². The van der Waals surface area contributed by atoms with E-state index >= 15 is 0 Å². The molecule has 4 aromatic rings. The number of rotatable bonds is 12. The lowest BCUT2D eigenvalue weighted by Gasteiger charge is -2.34. The van der Waals surface area contributed by atoms with Gasteiger partial charge in [0.25, 0.3) is 0 Å². The molecule has 0 radical (unpaired) electrons. The predicted octanol–water partition coefficient (Wildman–Crippen LogP) is 4.57. The number of para-hydroxylation sites is 1. The molecule has 0 aliphatic heterocycles. The Morgan fingerprint density at radius 2 is 1.69 bits per heavy atom. The summed E-state index contributed by atoms with van der Waals surface area (Å²) in [6.07, 6.45) is 0.473. The molecule has 3 aromatic carbocycles. The lowest BCUT2D eigenvalue weighted by Crippen LogP contribution is -2.50. The van der Waals surface area contributed by atoms with Crippen molar-refractivity contribution in [2.45, 2.75) is 52.2 Å². The Bertz CT molecular complexity index is 1510. The normalized spacial score (nSPS) is 12.0. The quantitative estimate of drug-likeness (QED) is 0.264. The van der Waals surface area contributed by atoms with Gasteiger partial charge >= 0.3 is 0 Å². The summed E-state index contributed by atoms with van der Waals surface area (Å²) in [6.45, 7) is 8.36. The van der Waals surface area contributed by atoms with Gasteiger partial charge in [0.2, 0.25) is 11.8 Å². The largest absolute Gasteiger partial charge is 0.494 e. The summed E-state index contributed by atoms with van der Waals surface area (Å²) < 4.78 is 18.1. The average molecular weight is 574 g/mol. The first-order valence-electron chi connectivity index (χ1n) is 14.0. The Labute approximate surface area is 246 Å². The van der Waals surface area contributed by atoms with E-state index in [1.807, 2.05) is 94.4 Å². The molecule has 10 heteroatoms. The summed E-state index contributed by atoms with van der Waals surface area (Å²) in [5, 5.41) is 11.5. The monoisotopic (exact) mass is 573 g/mol. The number of nitrogens with zero attached hydrogens (tertiary/aromatic N) is 4. The highest BCUT2D eigenvalue weighted by atomic mass is 16.5. The molecule has 1 aromatic heterocycles. The Morgan fingerprint density at radius 1 is 0.976 bits per heavy atom. The number of nitrogens with one attached hydrogen (secondary N) is 1. The van der Waals surface area contributed by atoms with Crippen molar-refractivity contribution in [1.82, 2.24) is 25.2 Å². The third kappa shape index (κ3) is 7.37. The molecule has 0 spiro atoms. The number of benzene rings is 3. The minimum Gasteiger partial charge on any atom is -0.494 e. The van der Waals surface area contributed by atoms with Crippen LogP contribution in [0.4, 0.5) is 0 Å². The molecule has 0 aliphatic rings. The number of aromatic nitrogens is 3. The Hall–Kier alpha value is -4.60. The van der Waals surface area contributed by atoms with Gasteiger partial charge in [-0.25, -0.2) is 4.68 Å². The van der Waals surface area contributed by atoms with Crippen molar-refractivity contribution in [3.63, 3.8) is 0 Å². The van der Waals surface area contributed by atoms with Crippen LogP contribution in [0.2, 0.25) is 0 Å². The van der Waals surface area contributed by atoms with Gasteiger partial charge in [-0.1, -0.05) is 35.5 Å². The highest BCUT2D eigenvalue weighted by molar-refractivity contribution is 5.89. The summed E-state index contributed by atoms with van der Waals surface area (Å²) >= 11 is 0. The second-order valence-electron chi connectivity index (χ2n) is 10.9. The molecule has 1 heterocycles. The van der Waals surface area contributed by atoms with Crippen molar-refractivity contribution in [3.05, 3.63) is 77.9 Å². The first-order valence-corrected chi connectivity index (χ1v) is 14.0. The zero-order valence-corrected chi connectivity index (χ0v) is 25.1. The standard InChI is InChI=1S/C32H39N5O5/c1-7-42-24-15-13-23(14-16-24)30(31(39)33-32(2,3)4)36(19-18-22-12-17-27(40-5)28(20-22)41-6)29(38)21-37-26-11-9-8-10-25(26)34-35-37/h8-17,20,30H,7,18-19,21H2,1-6H3,(H,33,39)/t30-/m1/s1. The van der Waals surface area contributed by atoms with Crippen LogP contribution in [0.5, 0.6) is 17.2 Å². The Kier molecular flexibility index (Phi) is 9.67. The molecule has 10 nitrogen and oxygen atoms in total. The Morgan fingerprint density at radius 3 is 2.36 bits per heavy atom. The fraction of sp³-hybridized carbons (Fsp3) is 0.375. The molecule has 2 amide bonds. The van der Waals surface area contributed by atoms with Crippen molar-refractivity contribution in [3.8, 4) is 17.2 Å². The van der Waals surface area contributed by atoms with E-state index in [9.17, 15) is 9.59 Å². The van der Waals surface area contributed by atoms with Crippen LogP contribution < -0.4 is 19.5 Å². The highest BCUT2D eigenvalue weighted by Gasteiger charge is 2.33. The molecular formula is C32H39N5O5. The van der Waals surface area contributed by atoms with Crippen molar-refractivity contribution in [2.75, 3.05) is 27.4 Å². The second kappa shape index (κ2) is 13.4. The minimum atomic E-state index is -0.901. The maximum absolute atomic E-state index is 14.1. The van der Waals surface area contributed by atoms with Gasteiger partial charge in [0.15, 0.2) is 11.5 Å². The molecule has 0 aliphatic carbocycles. The van der Waals surface area contributed by atoms with Crippen molar-refractivity contribution >= 4 is 22.8 Å². The van der Waals surface area contributed by atoms with Gasteiger partial charge in [0, 0.05) is 12.1 Å². The first-order chi connectivity index (χ1) is 20.1. The van der Waals surface area contributed by atoms with Gasteiger partial charge in [-0.05, 0) is 81.6 Å². The molecule has 1 atom stereocenters. The van der Waals surface area contributed by atoms with Crippen LogP contribution in [-0.2, 0) is 22.6 Å². The third-order valence-electron chi connectivity index (χ3n) is 6.68. The predicted molar refractivity (Wildman–Crippen MR) is 161 cm³/mol. The second-order valence-corrected chi connectivity index (χ2v) is 10.9. The number of hydrogen-bond acceptors (Lipinski definition) is 7. The summed E-state index contributed by atoms with van der Waals surface area (Å²) in [7, 11) is 3.17. The van der Waals surface area contributed by atoms with Gasteiger partial charge in [-0.3, -0.25) is 9.59 Å². The lowest BCUT2D eigenvalue weighted by atomic mass is 10.0. The van der Waals surface area contributed by atoms with Gasteiger partial charge < -0.3 is 24.4 Å². The number of ether oxygens (including phenoxy) is 3. The number of carbonyl (C=O) groups excluding carboxylic acids is 2. The summed E-state index contributed by atoms with van der Waals surface area (Å²) in [5.74, 6) is 1.35. The van der Waals surface area contributed by atoms with Crippen LogP contribution >= 0.6 is 0 Å². The molecule has 0 unspecified atom stereocenters. The first kappa shape index (κ1) is 30.4. The summed E-state index contributed by atoms with van der Waals surface area (Å²) in [4.78, 5) is 29.7. The van der Waals surface area contributed by atoms with E-state index < -0.39 is 11.6 Å². The van der Waals surface area contributed by atoms with E-state index in [1.54, 1.807) is 23.8 Å². The van der Waals surface area contributed by atoms with E-state index in [2.05, 4.69) is 15.6 Å². The fourth-order valence-electron chi connectivity index (χ4n) is 4.76. The van der Waals surface area contributed by atoms with Crippen LogP contribution in [0.3, 0.4) is 0 Å². The number of hydrogen-bond donors (Lipinski definition) is 1. The number of amides is 2. The van der Waals surface area contributed by atoms with Gasteiger partial charge in [-0.15, -0.1) is 5.10 Å². The number of fused-ring (bicyclic) bond motifs is 1. The van der Waals surface area contributed by atoms with E-state index in [0.29, 0.717) is 41.4 Å².